The largest absolute Gasteiger partial charge is 0.381 e. The average Bonchev–Trinajstić information content (AvgIpc) is 3.15. The van der Waals surface area contributed by atoms with Crippen molar-refractivity contribution in [3.8, 4) is 6.07 Å². The zero-order chi connectivity index (χ0) is 20.4. The number of halogens is 1. The summed E-state index contributed by atoms with van der Waals surface area (Å²) in [4.78, 5) is 16.7. The lowest BCUT2D eigenvalue weighted by atomic mass is 10.1. The van der Waals surface area contributed by atoms with Crippen molar-refractivity contribution in [1.29, 1.82) is 5.26 Å². The van der Waals surface area contributed by atoms with Crippen molar-refractivity contribution in [1.82, 2.24) is 14.7 Å². The van der Waals surface area contributed by atoms with Gasteiger partial charge in [0.15, 0.2) is 0 Å². The fourth-order valence-electron chi connectivity index (χ4n) is 4.08. The van der Waals surface area contributed by atoms with E-state index in [4.69, 9.17) is 10.00 Å². The van der Waals surface area contributed by atoms with Crippen LogP contribution >= 0.6 is 0 Å². The molecule has 1 amide bonds. The topological polar surface area (TPSA) is 74.4 Å². The quantitative estimate of drug-likeness (QED) is 0.796. The molecular formula is C21H24FN5O2. The van der Waals surface area contributed by atoms with E-state index < -0.39 is 5.82 Å². The number of benzene rings is 1. The fraction of sp³-hybridized carbons (Fsp3) is 0.476. The number of carbonyl (C=O) groups excluding carboxylic acids is 1. The highest BCUT2D eigenvalue weighted by atomic mass is 19.1. The van der Waals surface area contributed by atoms with Gasteiger partial charge in [-0.3, -0.25) is 9.48 Å². The number of amides is 1. The van der Waals surface area contributed by atoms with Gasteiger partial charge in [0.2, 0.25) is 0 Å². The lowest BCUT2D eigenvalue weighted by Crippen LogP contribution is -2.49. The van der Waals surface area contributed by atoms with Gasteiger partial charge in [0.25, 0.3) is 5.91 Å². The van der Waals surface area contributed by atoms with Gasteiger partial charge in [-0.05, 0) is 38.0 Å². The molecular weight excluding hydrogens is 373 g/mol. The van der Waals surface area contributed by atoms with Crippen molar-refractivity contribution in [3.63, 3.8) is 0 Å². The van der Waals surface area contributed by atoms with Gasteiger partial charge in [-0.2, -0.15) is 10.4 Å². The molecule has 2 aliphatic rings. The van der Waals surface area contributed by atoms with E-state index in [-0.39, 0.29) is 11.9 Å². The maximum Gasteiger partial charge on any atom is 0.257 e. The molecule has 1 aromatic heterocycles. The van der Waals surface area contributed by atoms with Gasteiger partial charge in [-0.25, -0.2) is 4.39 Å². The van der Waals surface area contributed by atoms with Crippen molar-refractivity contribution in [2.75, 3.05) is 44.3 Å². The summed E-state index contributed by atoms with van der Waals surface area (Å²) in [5.41, 5.74) is 2.30. The maximum atomic E-state index is 14.3. The fourth-order valence-corrected chi connectivity index (χ4v) is 4.08. The molecule has 8 heteroatoms. The smallest absolute Gasteiger partial charge is 0.257 e. The SMILES string of the molecule is Cc1c(C(=O)N2CCN(c3ccc(C#N)cc3F)CC2)cnn1C1CCOCC1. The van der Waals surface area contributed by atoms with E-state index in [0.717, 1.165) is 31.7 Å². The molecule has 0 N–H and O–H groups in total. The molecule has 0 spiro atoms. The molecule has 2 aromatic rings. The van der Waals surface area contributed by atoms with E-state index in [0.29, 0.717) is 43.0 Å². The van der Waals surface area contributed by atoms with Crippen LogP contribution in [0.5, 0.6) is 0 Å². The second kappa shape index (κ2) is 8.21. The predicted molar refractivity (Wildman–Crippen MR) is 105 cm³/mol. The first-order valence-corrected chi connectivity index (χ1v) is 9.94. The summed E-state index contributed by atoms with van der Waals surface area (Å²) in [6.45, 7) is 5.50. The number of piperazine rings is 1. The molecule has 2 fully saturated rings. The minimum absolute atomic E-state index is 0.0271. The number of carbonyl (C=O) groups is 1. The Morgan fingerprint density at radius 3 is 2.62 bits per heavy atom. The van der Waals surface area contributed by atoms with Crippen LogP contribution in [0.1, 0.15) is 40.5 Å². The molecule has 0 aliphatic carbocycles. The molecule has 0 radical (unpaired) electrons. The molecule has 0 atom stereocenters. The molecule has 4 rings (SSSR count). The lowest BCUT2D eigenvalue weighted by molar-refractivity contribution is 0.0655. The van der Waals surface area contributed by atoms with Crippen LogP contribution in [0, 0.1) is 24.1 Å². The van der Waals surface area contributed by atoms with E-state index in [1.165, 1.54) is 6.07 Å². The highest BCUT2D eigenvalue weighted by molar-refractivity contribution is 5.95. The van der Waals surface area contributed by atoms with E-state index in [1.807, 2.05) is 22.6 Å². The van der Waals surface area contributed by atoms with Crippen LogP contribution in [0.2, 0.25) is 0 Å². The molecule has 29 heavy (non-hydrogen) atoms. The first kappa shape index (κ1) is 19.4. The summed E-state index contributed by atoms with van der Waals surface area (Å²) in [5.74, 6) is -0.432. The third-order valence-corrected chi connectivity index (χ3v) is 5.80. The van der Waals surface area contributed by atoms with Gasteiger partial charge in [-0.1, -0.05) is 0 Å². The zero-order valence-electron chi connectivity index (χ0n) is 16.5. The zero-order valence-corrected chi connectivity index (χ0v) is 16.5. The first-order chi connectivity index (χ1) is 14.1. The minimum atomic E-state index is -0.405. The Morgan fingerprint density at radius 2 is 1.97 bits per heavy atom. The third kappa shape index (κ3) is 3.83. The van der Waals surface area contributed by atoms with Crippen molar-refractivity contribution >= 4 is 11.6 Å². The van der Waals surface area contributed by atoms with Crippen molar-refractivity contribution in [2.24, 2.45) is 0 Å². The Labute approximate surface area is 169 Å². The Balaban J connectivity index is 1.42. The van der Waals surface area contributed by atoms with Crippen LogP contribution in [-0.2, 0) is 4.74 Å². The number of ether oxygens (including phenoxy) is 1. The number of hydrogen-bond donors (Lipinski definition) is 0. The Hall–Kier alpha value is -2.92. The number of aromatic nitrogens is 2. The molecule has 1 aromatic carbocycles. The molecule has 3 heterocycles. The summed E-state index contributed by atoms with van der Waals surface area (Å²) in [6.07, 6.45) is 3.48. The van der Waals surface area contributed by atoms with Gasteiger partial charge in [0.1, 0.15) is 5.82 Å². The monoisotopic (exact) mass is 397 g/mol. The maximum absolute atomic E-state index is 14.3. The standard InChI is InChI=1S/C21H24FN5O2/c1-15-18(14-24-27(15)17-4-10-29-11-5-17)21(28)26-8-6-25(7-9-26)20-3-2-16(13-23)12-19(20)22/h2-3,12,14,17H,4-11H2,1H3. The molecule has 7 nitrogen and oxygen atoms in total. The normalized spacial score (nSPS) is 18.0. The predicted octanol–water partition coefficient (Wildman–Crippen LogP) is 2.52. The highest BCUT2D eigenvalue weighted by Gasteiger charge is 2.27. The van der Waals surface area contributed by atoms with Crippen molar-refractivity contribution in [2.45, 2.75) is 25.8 Å². The van der Waals surface area contributed by atoms with Gasteiger partial charge >= 0.3 is 0 Å². The third-order valence-electron chi connectivity index (χ3n) is 5.80. The number of hydrogen-bond acceptors (Lipinski definition) is 5. The Kier molecular flexibility index (Phi) is 5.49. The minimum Gasteiger partial charge on any atom is -0.381 e. The van der Waals surface area contributed by atoms with Crippen LogP contribution in [0.3, 0.4) is 0 Å². The summed E-state index contributed by atoms with van der Waals surface area (Å²) >= 11 is 0. The first-order valence-electron chi connectivity index (χ1n) is 9.94. The molecule has 2 saturated heterocycles. The van der Waals surface area contributed by atoms with Crippen LogP contribution in [-0.4, -0.2) is 60.0 Å². The van der Waals surface area contributed by atoms with E-state index in [2.05, 4.69) is 5.10 Å². The average molecular weight is 397 g/mol. The number of nitrogens with zero attached hydrogens (tertiary/aromatic N) is 5. The Bertz CT molecular complexity index is 937. The number of nitriles is 1. The van der Waals surface area contributed by atoms with Crippen molar-refractivity contribution in [3.05, 3.63) is 47.0 Å². The summed E-state index contributed by atoms with van der Waals surface area (Å²) in [7, 11) is 0. The molecule has 0 saturated carbocycles. The molecule has 0 unspecified atom stereocenters. The second-order valence-corrected chi connectivity index (χ2v) is 7.49. The van der Waals surface area contributed by atoms with Crippen LogP contribution in [0.4, 0.5) is 10.1 Å². The molecule has 0 bridgehead atoms. The summed E-state index contributed by atoms with van der Waals surface area (Å²) in [5, 5.41) is 13.4. The van der Waals surface area contributed by atoms with Crippen LogP contribution in [0.25, 0.3) is 0 Å². The van der Waals surface area contributed by atoms with E-state index >= 15 is 0 Å². The van der Waals surface area contributed by atoms with E-state index in [1.54, 1.807) is 23.2 Å². The van der Waals surface area contributed by atoms with Crippen LogP contribution < -0.4 is 4.90 Å². The highest BCUT2D eigenvalue weighted by Crippen LogP contribution is 2.25. The molecule has 2 aliphatic heterocycles. The van der Waals surface area contributed by atoms with Gasteiger partial charge in [0, 0.05) is 45.1 Å². The van der Waals surface area contributed by atoms with Gasteiger partial charge in [-0.15, -0.1) is 0 Å². The second-order valence-electron chi connectivity index (χ2n) is 7.49. The molecule has 152 valence electrons. The summed E-state index contributed by atoms with van der Waals surface area (Å²) in [6, 6.07) is 6.72. The van der Waals surface area contributed by atoms with Crippen LogP contribution in [0.15, 0.2) is 24.4 Å². The summed E-state index contributed by atoms with van der Waals surface area (Å²) < 4.78 is 21.7. The Morgan fingerprint density at radius 1 is 1.24 bits per heavy atom. The van der Waals surface area contributed by atoms with E-state index in [9.17, 15) is 9.18 Å². The van der Waals surface area contributed by atoms with Gasteiger partial charge < -0.3 is 14.5 Å². The number of rotatable bonds is 3. The lowest BCUT2D eigenvalue weighted by Gasteiger charge is -2.36. The van der Waals surface area contributed by atoms with Gasteiger partial charge in [0.05, 0.1) is 35.1 Å². The van der Waals surface area contributed by atoms with Crippen molar-refractivity contribution < 1.29 is 13.9 Å². The number of anilines is 1.